The molecular formula is C23H36N3NaO13. The zero-order chi connectivity index (χ0) is 28.3. The van der Waals surface area contributed by atoms with Gasteiger partial charge >= 0.3 is 29.6 Å². The summed E-state index contributed by atoms with van der Waals surface area (Å²) in [5.41, 5.74) is 0. The fourth-order valence-corrected chi connectivity index (χ4v) is 5.03. The van der Waals surface area contributed by atoms with Gasteiger partial charge in [0.25, 0.3) is 0 Å². The van der Waals surface area contributed by atoms with Crippen molar-refractivity contribution in [2.75, 3.05) is 6.61 Å². The molecule has 222 valence electrons. The summed E-state index contributed by atoms with van der Waals surface area (Å²) in [6.45, 7) is 0.521. The van der Waals surface area contributed by atoms with Crippen LogP contribution >= 0.6 is 0 Å². The quantitative estimate of drug-likeness (QED) is 0.140. The average Bonchev–Trinajstić information content (AvgIpc) is 3.43. The van der Waals surface area contributed by atoms with Crippen LogP contribution in [0.2, 0.25) is 0 Å². The molecule has 1 aromatic rings. The summed E-state index contributed by atoms with van der Waals surface area (Å²) in [5, 5.41) is 80.9. The molecule has 3 fully saturated rings. The number of hydrogen-bond donors (Lipinski definition) is 6. The van der Waals surface area contributed by atoms with Crippen LogP contribution in [0.3, 0.4) is 0 Å². The van der Waals surface area contributed by atoms with Crippen LogP contribution in [0.5, 0.6) is 0 Å². The van der Waals surface area contributed by atoms with E-state index >= 15 is 0 Å². The van der Waals surface area contributed by atoms with Crippen LogP contribution in [-0.2, 0) is 35.0 Å². The van der Waals surface area contributed by atoms with Crippen molar-refractivity contribution in [3.63, 3.8) is 0 Å². The summed E-state index contributed by atoms with van der Waals surface area (Å²) in [6, 6.07) is 0. The van der Waals surface area contributed by atoms with E-state index in [2.05, 4.69) is 10.3 Å². The maximum Gasteiger partial charge on any atom is 1.00 e. The van der Waals surface area contributed by atoms with Gasteiger partial charge in [-0.2, -0.15) is 0 Å². The second kappa shape index (κ2) is 15.1. The van der Waals surface area contributed by atoms with E-state index in [1.807, 2.05) is 0 Å². The van der Waals surface area contributed by atoms with Crippen LogP contribution < -0.4 is 34.7 Å². The Labute approximate surface area is 252 Å². The number of carboxylic acids is 1. The Morgan fingerprint density at radius 1 is 1.00 bits per heavy atom. The van der Waals surface area contributed by atoms with Crippen molar-refractivity contribution in [2.45, 2.75) is 119 Å². The molecule has 3 heterocycles. The minimum atomic E-state index is -1.68. The summed E-state index contributed by atoms with van der Waals surface area (Å²) >= 11 is 0. The van der Waals surface area contributed by atoms with Gasteiger partial charge in [0, 0.05) is 6.20 Å². The summed E-state index contributed by atoms with van der Waals surface area (Å²) < 4.78 is 29.8. The van der Waals surface area contributed by atoms with Gasteiger partial charge in [0.15, 0.2) is 12.6 Å². The van der Waals surface area contributed by atoms with Crippen LogP contribution in [0.4, 0.5) is 0 Å². The second-order valence-corrected chi connectivity index (χ2v) is 10.1. The van der Waals surface area contributed by atoms with Gasteiger partial charge in [-0.3, -0.25) is 0 Å². The zero-order valence-corrected chi connectivity index (χ0v) is 24.3. The minimum absolute atomic E-state index is 0. The smallest absolute Gasteiger partial charge is 0.547 e. The first-order valence-corrected chi connectivity index (χ1v) is 12.9. The van der Waals surface area contributed by atoms with Crippen molar-refractivity contribution >= 4 is 5.97 Å². The Bertz CT molecular complexity index is 917. The first-order valence-electron chi connectivity index (χ1n) is 12.9. The van der Waals surface area contributed by atoms with E-state index < -0.39 is 92.3 Å². The monoisotopic (exact) mass is 585 g/mol. The SMILES string of the molecule is C[C@@H]1O[C@@H](O[C@@H]2CCCC[C@H]2O[C@@H]2O[C@H](CO)[C@H](O)[C@H](O[C@@H](Cn3ccnn3)C(=O)[O-])[C@H]2O)[C@@H](O)[C@H](O)[C@@H]1O.[Na+]. The number of rotatable bonds is 10. The maximum atomic E-state index is 11.7. The van der Waals surface area contributed by atoms with Crippen LogP contribution in [0, 0.1) is 0 Å². The number of carbonyl (C=O) groups excluding carboxylic acids is 1. The standard InChI is InChI=1S/C23H37N3O13.Na/c1-10-15(28)17(30)18(31)22(35-10)37-11-4-2-3-5-12(11)38-23-19(32)20(16(29)14(9-27)39-23)36-13(21(33)34)8-26-7-6-24-25-26;/h6-7,10-20,22-23,27-32H,2-5,8-9H2,1H3,(H,33,34);/q;+1/p-1/t10-,11+,12+,13-,14+,15+,16-,17+,18-,19+,20-,22-,23+;/m0./s1. The molecule has 3 aliphatic rings. The molecule has 0 bridgehead atoms. The predicted octanol–water partition coefficient (Wildman–Crippen LogP) is -7.60. The Morgan fingerprint density at radius 3 is 2.17 bits per heavy atom. The normalized spacial score (nSPS) is 41.2. The minimum Gasteiger partial charge on any atom is -0.547 e. The molecule has 0 spiro atoms. The number of aromatic nitrogens is 3. The molecule has 13 atom stereocenters. The van der Waals surface area contributed by atoms with E-state index in [9.17, 15) is 40.5 Å². The third-order valence-electron chi connectivity index (χ3n) is 7.30. The maximum absolute atomic E-state index is 11.7. The van der Waals surface area contributed by atoms with E-state index in [1.165, 1.54) is 24.0 Å². The topological polar surface area (TPSA) is 238 Å². The van der Waals surface area contributed by atoms with Gasteiger partial charge < -0.3 is 64.2 Å². The summed E-state index contributed by atoms with van der Waals surface area (Å²) in [5.74, 6) is -1.62. The molecule has 1 saturated carbocycles. The molecule has 17 heteroatoms. The van der Waals surface area contributed by atoms with Gasteiger partial charge in [-0.15, -0.1) is 5.10 Å². The van der Waals surface area contributed by atoms with Gasteiger partial charge in [-0.1, -0.05) is 18.1 Å². The summed E-state index contributed by atoms with van der Waals surface area (Å²) in [4.78, 5) is 11.7. The van der Waals surface area contributed by atoms with Crippen molar-refractivity contribution < 1.29 is 93.8 Å². The molecule has 2 saturated heterocycles. The molecule has 0 radical (unpaired) electrons. The fraction of sp³-hybridized carbons (Fsp3) is 0.870. The largest absolute Gasteiger partial charge is 1.00 e. The number of carboxylic acid groups (broad SMARTS) is 1. The Balaban J connectivity index is 0.00000441. The molecule has 1 aromatic heterocycles. The average molecular weight is 586 g/mol. The molecule has 0 unspecified atom stereocenters. The van der Waals surface area contributed by atoms with Crippen molar-refractivity contribution in [1.82, 2.24) is 15.0 Å². The molecule has 1 aliphatic carbocycles. The number of carbonyl (C=O) groups is 1. The number of aliphatic carboxylic acids is 1. The van der Waals surface area contributed by atoms with E-state index in [-0.39, 0.29) is 36.1 Å². The van der Waals surface area contributed by atoms with Crippen molar-refractivity contribution in [2.24, 2.45) is 0 Å². The molecular weight excluding hydrogens is 549 g/mol. The molecule has 40 heavy (non-hydrogen) atoms. The van der Waals surface area contributed by atoms with Crippen LogP contribution in [0.1, 0.15) is 32.6 Å². The van der Waals surface area contributed by atoms with Gasteiger partial charge in [-0.05, 0) is 19.8 Å². The molecule has 2 aliphatic heterocycles. The molecule has 0 aromatic carbocycles. The van der Waals surface area contributed by atoms with E-state index in [0.717, 1.165) is 12.8 Å². The predicted molar refractivity (Wildman–Crippen MR) is 122 cm³/mol. The van der Waals surface area contributed by atoms with Crippen molar-refractivity contribution in [3.05, 3.63) is 12.4 Å². The number of hydrogen-bond acceptors (Lipinski definition) is 15. The number of aliphatic hydroxyl groups excluding tert-OH is 6. The fourth-order valence-electron chi connectivity index (χ4n) is 5.03. The van der Waals surface area contributed by atoms with Crippen molar-refractivity contribution in [1.29, 1.82) is 0 Å². The Kier molecular flexibility index (Phi) is 12.7. The number of ether oxygens (including phenoxy) is 5. The third kappa shape index (κ3) is 7.76. The van der Waals surface area contributed by atoms with E-state index in [4.69, 9.17) is 23.7 Å². The van der Waals surface area contributed by atoms with Gasteiger partial charge in [0.05, 0.1) is 43.6 Å². The second-order valence-electron chi connectivity index (χ2n) is 10.1. The number of nitrogens with zero attached hydrogens (tertiary/aromatic N) is 3. The first-order chi connectivity index (χ1) is 18.6. The molecule has 0 amide bonds. The summed E-state index contributed by atoms with van der Waals surface area (Å²) in [7, 11) is 0. The molecule has 16 nitrogen and oxygen atoms in total. The zero-order valence-electron chi connectivity index (χ0n) is 22.3. The van der Waals surface area contributed by atoms with Gasteiger partial charge in [0.1, 0.15) is 48.8 Å². The van der Waals surface area contributed by atoms with E-state index in [0.29, 0.717) is 12.8 Å². The number of aliphatic hydroxyl groups is 6. The summed E-state index contributed by atoms with van der Waals surface area (Å²) in [6.07, 6.45) is -11.8. The van der Waals surface area contributed by atoms with Gasteiger partial charge in [-0.25, -0.2) is 4.68 Å². The van der Waals surface area contributed by atoms with Crippen molar-refractivity contribution in [3.8, 4) is 0 Å². The molecule has 6 N–H and O–H groups in total. The Morgan fingerprint density at radius 2 is 1.62 bits per heavy atom. The van der Waals surface area contributed by atoms with Crippen LogP contribution in [0.25, 0.3) is 0 Å². The van der Waals surface area contributed by atoms with E-state index in [1.54, 1.807) is 0 Å². The van der Waals surface area contributed by atoms with Gasteiger partial charge in [0.2, 0.25) is 0 Å². The van der Waals surface area contributed by atoms with Crippen LogP contribution in [0.15, 0.2) is 12.4 Å². The Hall–Kier alpha value is -0.830. The first kappa shape index (κ1) is 33.7. The molecule has 4 rings (SSSR count). The third-order valence-corrected chi connectivity index (χ3v) is 7.30. The van der Waals surface area contributed by atoms with Crippen LogP contribution in [-0.4, -0.2) is 138 Å².